The monoisotopic (exact) mass is 421 g/mol. The molecule has 0 bridgehead atoms. The number of carbonyl (C=O) groups is 1. The molecule has 156 valence electrons. The Labute approximate surface area is 181 Å². The van der Waals surface area contributed by atoms with Gasteiger partial charge in [0.2, 0.25) is 5.13 Å². The molecule has 2 aromatic carbocycles. The molecule has 2 heterocycles. The number of carbonyl (C=O) groups excluding carboxylic acids is 1. The lowest BCUT2D eigenvalue weighted by atomic mass is 10.1. The van der Waals surface area contributed by atoms with E-state index in [9.17, 15) is 4.79 Å². The summed E-state index contributed by atoms with van der Waals surface area (Å²) >= 11 is 1.49. The number of piperazine rings is 1. The molecule has 0 atom stereocenters. The SMILES string of the molecule is Cc1ccccc1C(=O)NCCN1CCN(c2nc(Cc3ccccc3)ns2)CC1. The Balaban J connectivity index is 1.21. The minimum atomic E-state index is 0.00606. The Kier molecular flexibility index (Phi) is 6.71. The first-order valence-corrected chi connectivity index (χ1v) is 11.1. The summed E-state index contributed by atoms with van der Waals surface area (Å²) in [5, 5.41) is 4.05. The first-order chi connectivity index (χ1) is 14.7. The highest BCUT2D eigenvalue weighted by Crippen LogP contribution is 2.20. The Morgan fingerprint density at radius 3 is 2.53 bits per heavy atom. The highest BCUT2D eigenvalue weighted by atomic mass is 32.1. The van der Waals surface area contributed by atoms with Crippen molar-refractivity contribution in [2.24, 2.45) is 0 Å². The van der Waals surface area contributed by atoms with Gasteiger partial charge in [0.15, 0.2) is 0 Å². The molecule has 6 nitrogen and oxygen atoms in total. The maximum absolute atomic E-state index is 12.3. The van der Waals surface area contributed by atoms with E-state index in [4.69, 9.17) is 4.98 Å². The highest BCUT2D eigenvalue weighted by molar-refractivity contribution is 7.09. The Morgan fingerprint density at radius 1 is 1.03 bits per heavy atom. The fraction of sp³-hybridized carbons (Fsp3) is 0.348. The fourth-order valence-electron chi connectivity index (χ4n) is 3.64. The van der Waals surface area contributed by atoms with Gasteiger partial charge in [0.1, 0.15) is 5.82 Å². The summed E-state index contributed by atoms with van der Waals surface area (Å²) in [7, 11) is 0. The molecule has 1 saturated heterocycles. The summed E-state index contributed by atoms with van der Waals surface area (Å²) in [5.41, 5.74) is 3.00. The molecule has 1 aliphatic rings. The van der Waals surface area contributed by atoms with E-state index < -0.39 is 0 Å². The first kappa shape index (κ1) is 20.5. The number of hydrogen-bond acceptors (Lipinski definition) is 6. The molecular formula is C23H27N5OS. The molecule has 1 aromatic heterocycles. The van der Waals surface area contributed by atoms with Crippen LogP contribution in [-0.4, -0.2) is 59.4 Å². The molecule has 1 N–H and O–H groups in total. The maximum Gasteiger partial charge on any atom is 0.251 e. The third kappa shape index (κ3) is 5.23. The minimum Gasteiger partial charge on any atom is -0.351 e. The van der Waals surface area contributed by atoms with Crippen LogP contribution < -0.4 is 10.2 Å². The van der Waals surface area contributed by atoms with Gasteiger partial charge in [0.25, 0.3) is 5.91 Å². The summed E-state index contributed by atoms with van der Waals surface area (Å²) in [5.74, 6) is 0.897. The van der Waals surface area contributed by atoms with E-state index in [0.717, 1.165) is 61.2 Å². The number of amides is 1. The van der Waals surface area contributed by atoms with Gasteiger partial charge in [-0.15, -0.1) is 0 Å². The average Bonchev–Trinajstić information content (AvgIpc) is 3.23. The second-order valence-electron chi connectivity index (χ2n) is 7.56. The number of nitrogens with one attached hydrogen (secondary N) is 1. The van der Waals surface area contributed by atoms with E-state index in [2.05, 4.69) is 31.6 Å². The number of aromatic nitrogens is 2. The summed E-state index contributed by atoms with van der Waals surface area (Å²) in [6.45, 7) is 7.29. The molecule has 0 saturated carbocycles. The lowest BCUT2D eigenvalue weighted by Crippen LogP contribution is -2.48. The first-order valence-electron chi connectivity index (χ1n) is 10.4. The normalized spacial score (nSPS) is 14.6. The van der Waals surface area contributed by atoms with E-state index in [1.807, 2.05) is 49.4 Å². The summed E-state index contributed by atoms with van der Waals surface area (Å²) in [4.78, 5) is 21.8. The van der Waals surface area contributed by atoms with Crippen molar-refractivity contribution in [2.75, 3.05) is 44.2 Å². The third-order valence-corrected chi connectivity index (χ3v) is 6.22. The van der Waals surface area contributed by atoms with Crippen molar-refractivity contribution in [3.8, 4) is 0 Å². The molecule has 7 heteroatoms. The van der Waals surface area contributed by atoms with E-state index in [1.54, 1.807) is 0 Å². The summed E-state index contributed by atoms with van der Waals surface area (Å²) < 4.78 is 4.54. The van der Waals surface area contributed by atoms with E-state index in [1.165, 1.54) is 17.1 Å². The van der Waals surface area contributed by atoms with Crippen molar-refractivity contribution in [2.45, 2.75) is 13.3 Å². The van der Waals surface area contributed by atoms with Gasteiger partial charge < -0.3 is 10.2 Å². The standard InChI is InChI=1S/C23H27N5OS/c1-18-7-5-6-10-20(18)22(29)24-11-12-27-13-15-28(16-14-27)23-25-21(26-30-23)17-19-8-3-2-4-9-19/h2-10H,11-17H2,1H3,(H,24,29). The number of hydrogen-bond donors (Lipinski definition) is 1. The predicted molar refractivity (Wildman–Crippen MR) is 121 cm³/mol. The minimum absolute atomic E-state index is 0.00606. The molecular weight excluding hydrogens is 394 g/mol. The second-order valence-corrected chi connectivity index (χ2v) is 8.29. The van der Waals surface area contributed by atoms with Gasteiger partial charge in [-0.1, -0.05) is 48.5 Å². The molecule has 1 fully saturated rings. The van der Waals surface area contributed by atoms with E-state index in [0.29, 0.717) is 6.54 Å². The van der Waals surface area contributed by atoms with Crippen molar-refractivity contribution in [1.29, 1.82) is 0 Å². The van der Waals surface area contributed by atoms with Crippen LogP contribution in [0.1, 0.15) is 27.3 Å². The number of rotatable bonds is 7. The lowest BCUT2D eigenvalue weighted by molar-refractivity contribution is 0.0947. The van der Waals surface area contributed by atoms with Crippen molar-refractivity contribution < 1.29 is 4.79 Å². The quantitative estimate of drug-likeness (QED) is 0.636. The molecule has 4 rings (SSSR count). The molecule has 0 aliphatic carbocycles. The lowest BCUT2D eigenvalue weighted by Gasteiger charge is -2.34. The predicted octanol–water partition coefficient (Wildman–Crippen LogP) is 2.99. The van der Waals surface area contributed by atoms with Crippen LogP contribution in [-0.2, 0) is 6.42 Å². The number of benzene rings is 2. The Morgan fingerprint density at radius 2 is 1.77 bits per heavy atom. The molecule has 30 heavy (non-hydrogen) atoms. The van der Waals surface area contributed by atoms with Crippen LogP contribution in [0, 0.1) is 6.92 Å². The number of nitrogens with zero attached hydrogens (tertiary/aromatic N) is 4. The van der Waals surface area contributed by atoms with Crippen LogP contribution >= 0.6 is 11.5 Å². The largest absolute Gasteiger partial charge is 0.351 e. The molecule has 0 unspecified atom stereocenters. The van der Waals surface area contributed by atoms with Gasteiger partial charge >= 0.3 is 0 Å². The molecule has 1 aliphatic heterocycles. The van der Waals surface area contributed by atoms with Gasteiger partial charge in [-0.2, -0.15) is 4.37 Å². The van der Waals surface area contributed by atoms with Gasteiger partial charge in [0, 0.05) is 62.8 Å². The third-order valence-electron chi connectivity index (χ3n) is 5.41. The van der Waals surface area contributed by atoms with Crippen LogP contribution in [0.4, 0.5) is 5.13 Å². The topological polar surface area (TPSA) is 61.4 Å². The van der Waals surface area contributed by atoms with Crippen LogP contribution in [0.5, 0.6) is 0 Å². The maximum atomic E-state index is 12.3. The Hall–Kier alpha value is -2.77. The van der Waals surface area contributed by atoms with Gasteiger partial charge in [-0.3, -0.25) is 9.69 Å². The van der Waals surface area contributed by atoms with Gasteiger partial charge in [-0.05, 0) is 24.1 Å². The molecule has 1 amide bonds. The van der Waals surface area contributed by atoms with Gasteiger partial charge in [-0.25, -0.2) is 4.98 Å². The van der Waals surface area contributed by atoms with Crippen LogP contribution in [0.25, 0.3) is 0 Å². The molecule has 0 radical (unpaired) electrons. The average molecular weight is 422 g/mol. The van der Waals surface area contributed by atoms with Crippen molar-refractivity contribution >= 4 is 22.6 Å². The van der Waals surface area contributed by atoms with E-state index in [-0.39, 0.29) is 5.91 Å². The van der Waals surface area contributed by atoms with Crippen LogP contribution in [0.3, 0.4) is 0 Å². The number of anilines is 1. The van der Waals surface area contributed by atoms with E-state index >= 15 is 0 Å². The zero-order valence-electron chi connectivity index (χ0n) is 17.3. The zero-order valence-corrected chi connectivity index (χ0v) is 18.1. The summed E-state index contributed by atoms with van der Waals surface area (Å²) in [6, 6.07) is 18.0. The molecule has 0 spiro atoms. The zero-order chi connectivity index (χ0) is 20.8. The Bertz CT molecular complexity index is 966. The highest BCUT2D eigenvalue weighted by Gasteiger charge is 2.20. The number of aryl methyl sites for hydroxylation is 1. The molecule has 3 aromatic rings. The van der Waals surface area contributed by atoms with Crippen molar-refractivity contribution in [3.05, 3.63) is 77.1 Å². The van der Waals surface area contributed by atoms with Crippen molar-refractivity contribution in [1.82, 2.24) is 19.6 Å². The van der Waals surface area contributed by atoms with Crippen LogP contribution in [0.15, 0.2) is 54.6 Å². The second kappa shape index (κ2) is 9.82. The van der Waals surface area contributed by atoms with Crippen molar-refractivity contribution in [3.63, 3.8) is 0 Å². The van der Waals surface area contributed by atoms with Crippen LogP contribution in [0.2, 0.25) is 0 Å². The van der Waals surface area contributed by atoms with Gasteiger partial charge in [0.05, 0.1) is 0 Å². The smallest absolute Gasteiger partial charge is 0.251 e. The fourth-order valence-corrected chi connectivity index (χ4v) is 4.37. The summed E-state index contributed by atoms with van der Waals surface area (Å²) in [6.07, 6.45) is 0.776.